The summed E-state index contributed by atoms with van der Waals surface area (Å²) < 4.78 is 4.94. The Morgan fingerprint density at radius 2 is 2.29 bits per heavy atom. The average molecular weight is 310 g/mol. The number of rotatable bonds is 7. The summed E-state index contributed by atoms with van der Waals surface area (Å²) in [5.41, 5.74) is 5.85. The van der Waals surface area contributed by atoms with Crippen LogP contribution in [0.3, 0.4) is 0 Å². The number of nitrogens with one attached hydrogen (secondary N) is 1. The summed E-state index contributed by atoms with van der Waals surface area (Å²) in [5, 5.41) is 11.4. The lowest BCUT2D eigenvalue weighted by Gasteiger charge is -2.03. The van der Waals surface area contributed by atoms with Crippen LogP contribution in [-0.2, 0) is 9.53 Å². The van der Waals surface area contributed by atoms with E-state index in [0.29, 0.717) is 17.8 Å². The number of thiophene rings is 1. The Bertz CT molecular complexity index is 557. The molecule has 0 atom stereocenters. The van der Waals surface area contributed by atoms with Crippen molar-refractivity contribution in [1.82, 2.24) is 5.32 Å². The first-order chi connectivity index (χ1) is 10.0. The molecule has 0 aliphatic rings. The lowest BCUT2D eigenvalue weighted by atomic mass is 10.2. The fraction of sp³-hybridized carbons (Fsp3) is 0.429. The molecule has 0 spiro atoms. The number of aryl methyl sites for hydroxylation is 1. The number of carbonyl (C=O) groups is 2. The number of nitrogens with two attached hydrogens (primary N) is 1. The van der Waals surface area contributed by atoms with Crippen LogP contribution in [-0.4, -0.2) is 43.3 Å². The number of aliphatic hydroxyl groups is 1. The minimum atomic E-state index is -0.540. The Labute approximate surface area is 127 Å². The molecule has 7 heteroatoms. The van der Waals surface area contributed by atoms with Gasteiger partial charge in [-0.05, 0) is 18.6 Å². The van der Waals surface area contributed by atoms with Gasteiger partial charge in [0.25, 0.3) is 5.91 Å². The highest BCUT2D eigenvalue weighted by molar-refractivity contribution is 7.14. The molecule has 0 radical (unpaired) electrons. The fourth-order valence-corrected chi connectivity index (χ4v) is 2.38. The van der Waals surface area contributed by atoms with E-state index in [2.05, 4.69) is 17.2 Å². The van der Waals surface area contributed by atoms with E-state index < -0.39 is 5.91 Å². The summed E-state index contributed by atoms with van der Waals surface area (Å²) in [6.45, 7) is 2.28. The summed E-state index contributed by atoms with van der Waals surface area (Å²) >= 11 is 1.30. The van der Waals surface area contributed by atoms with Gasteiger partial charge in [0, 0.05) is 13.0 Å². The zero-order chi connectivity index (χ0) is 15.7. The second-order valence-electron chi connectivity index (χ2n) is 4.17. The number of amides is 2. The molecule has 0 fully saturated rings. The van der Waals surface area contributed by atoms with Gasteiger partial charge in [-0.3, -0.25) is 9.59 Å². The maximum Gasteiger partial charge on any atom is 0.261 e. The van der Waals surface area contributed by atoms with Crippen LogP contribution >= 0.6 is 11.3 Å². The van der Waals surface area contributed by atoms with E-state index in [0.717, 1.165) is 10.4 Å². The zero-order valence-corrected chi connectivity index (χ0v) is 12.6. The molecule has 0 bridgehead atoms. The lowest BCUT2D eigenvalue weighted by Crippen LogP contribution is -2.28. The molecule has 1 aromatic heterocycles. The average Bonchev–Trinajstić information content (AvgIpc) is 2.80. The van der Waals surface area contributed by atoms with E-state index in [1.54, 1.807) is 6.07 Å². The summed E-state index contributed by atoms with van der Waals surface area (Å²) in [4.78, 5) is 23.7. The van der Waals surface area contributed by atoms with Crippen molar-refractivity contribution in [3.8, 4) is 11.8 Å². The molecule has 0 saturated heterocycles. The topological polar surface area (TPSA) is 102 Å². The van der Waals surface area contributed by atoms with E-state index in [4.69, 9.17) is 15.6 Å². The molecule has 0 saturated carbocycles. The van der Waals surface area contributed by atoms with Crippen LogP contribution in [0.25, 0.3) is 0 Å². The van der Waals surface area contributed by atoms with Gasteiger partial charge >= 0.3 is 0 Å². The third kappa shape index (κ3) is 6.40. The Kier molecular flexibility index (Phi) is 7.46. The summed E-state index contributed by atoms with van der Waals surface area (Å²) in [5.74, 6) is 5.01. The van der Waals surface area contributed by atoms with Gasteiger partial charge in [0.2, 0.25) is 5.91 Å². The van der Waals surface area contributed by atoms with Gasteiger partial charge < -0.3 is 20.9 Å². The van der Waals surface area contributed by atoms with Crippen LogP contribution in [0.4, 0.5) is 0 Å². The minimum Gasteiger partial charge on any atom is -0.395 e. The Hall–Kier alpha value is -1.88. The van der Waals surface area contributed by atoms with Gasteiger partial charge in [0.05, 0.1) is 23.0 Å². The summed E-state index contributed by atoms with van der Waals surface area (Å²) in [6, 6.07) is 1.77. The number of aliphatic hydroxyl groups excluding tert-OH is 1. The first-order valence-corrected chi connectivity index (χ1v) is 7.20. The molecule has 21 heavy (non-hydrogen) atoms. The summed E-state index contributed by atoms with van der Waals surface area (Å²) in [6.07, 6.45) is 0.413. The van der Waals surface area contributed by atoms with Crippen LogP contribution in [0, 0.1) is 18.8 Å². The molecular weight excluding hydrogens is 292 g/mol. The van der Waals surface area contributed by atoms with E-state index in [9.17, 15) is 9.59 Å². The molecule has 1 rings (SSSR count). The standard InChI is InChI=1S/C14H18N2O4S/c1-10-8-12(21-11(10)4-2-3-6-17)14(19)16-5-7-20-9-13(15)18/h8,17H,3,5-7,9H2,1H3,(H2,15,18)(H,16,19). The van der Waals surface area contributed by atoms with Crippen LogP contribution in [0.5, 0.6) is 0 Å². The largest absolute Gasteiger partial charge is 0.395 e. The maximum atomic E-state index is 11.9. The molecule has 114 valence electrons. The highest BCUT2D eigenvalue weighted by atomic mass is 32.1. The molecule has 2 amide bonds. The van der Waals surface area contributed by atoms with Crippen molar-refractivity contribution in [2.75, 3.05) is 26.4 Å². The van der Waals surface area contributed by atoms with Crippen molar-refractivity contribution >= 4 is 23.2 Å². The van der Waals surface area contributed by atoms with Crippen molar-refractivity contribution < 1.29 is 19.4 Å². The number of ether oxygens (including phenoxy) is 1. The molecule has 1 aromatic rings. The molecule has 6 nitrogen and oxygen atoms in total. The fourth-order valence-electron chi connectivity index (χ4n) is 1.41. The van der Waals surface area contributed by atoms with Crippen LogP contribution < -0.4 is 11.1 Å². The van der Waals surface area contributed by atoms with Crippen molar-refractivity contribution in [3.05, 3.63) is 21.4 Å². The second-order valence-corrected chi connectivity index (χ2v) is 5.23. The van der Waals surface area contributed by atoms with Crippen molar-refractivity contribution in [2.45, 2.75) is 13.3 Å². The van der Waals surface area contributed by atoms with E-state index in [1.807, 2.05) is 6.92 Å². The zero-order valence-electron chi connectivity index (χ0n) is 11.8. The third-order valence-electron chi connectivity index (χ3n) is 2.36. The Balaban J connectivity index is 2.46. The lowest BCUT2D eigenvalue weighted by molar-refractivity contribution is -0.122. The number of hydrogen-bond donors (Lipinski definition) is 3. The normalized spacial score (nSPS) is 9.81. The first-order valence-electron chi connectivity index (χ1n) is 6.39. The number of hydrogen-bond acceptors (Lipinski definition) is 5. The maximum absolute atomic E-state index is 11.9. The molecule has 0 aliphatic carbocycles. The van der Waals surface area contributed by atoms with Gasteiger partial charge in [0.1, 0.15) is 6.61 Å². The Morgan fingerprint density at radius 1 is 1.52 bits per heavy atom. The van der Waals surface area contributed by atoms with Crippen LogP contribution in [0.15, 0.2) is 6.07 Å². The molecule has 0 aromatic carbocycles. The third-order valence-corrected chi connectivity index (χ3v) is 3.51. The highest BCUT2D eigenvalue weighted by Gasteiger charge is 2.10. The predicted octanol–water partition coefficient (Wildman–Crippen LogP) is 0.0221. The molecule has 0 aliphatic heterocycles. The first kappa shape index (κ1) is 17.2. The monoisotopic (exact) mass is 310 g/mol. The van der Waals surface area contributed by atoms with Crippen LogP contribution in [0.2, 0.25) is 0 Å². The molecule has 1 heterocycles. The van der Waals surface area contributed by atoms with Crippen molar-refractivity contribution in [3.63, 3.8) is 0 Å². The van der Waals surface area contributed by atoms with E-state index >= 15 is 0 Å². The quantitative estimate of drug-likeness (QED) is 0.488. The smallest absolute Gasteiger partial charge is 0.261 e. The second kappa shape index (κ2) is 9.13. The van der Waals surface area contributed by atoms with Crippen molar-refractivity contribution in [1.29, 1.82) is 0 Å². The molecular formula is C14H18N2O4S. The summed E-state index contributed by atoms with van der Waals surface area (Å²) in [7, 11) is 0. The van der Waals surface area contributed by atoms with Gasteiger partial charge in [-0.25, -0.2) is 0 Å². The van der Waals surface area contributed by atoms with Gasteiger partial charge in [-0.1, -0.05) is 11.8 Å². The van der Waals surface area contributed by atoms with Gasteiger partial charge in [0.15, 0.2) is 0 Å². The van der Waals surface area contributed by atoms with Crippen molar-refractivity contribution in [2.24, 2.45) is 5.73 Å². The van der Waals surface area contributed by atoms with E-state index in [1.165, 1.54) is 11.3 Å². The van der Waals surface area contributed by atoms with Crippen LogP contribution in [0.1, 0.15) is 26.5 Å². The van der Waals surface area contributed by atoms with Gasteiger partial charge in [-0.2, -0.15) is 0 Å². The molecule has 0 unspecified atom stereocenters. The molecule has 4 N–H and O–H groups in total. The number of carbonyl (C=O) groups excluding carboxylic acids is 2. The number of primary amides is 1. The predicted molar refractivity (Wildman–Crippen MR) is 80.0 cm³/mol. The highest BCUT2D eigenvalue weighted by Crippen LogP contribution is 2.20. The SMILES string of the molecule is Cc1cc(C(=O)NCCOCC(N)=O)sc1C#CCCO. The van der Waals surface area contributed by atoms with E-state index in [-0.39, 0.29) is 25.7 Å². The Morgan fingerprint density at radius 3 is 2.95 bits per heavy atom. The van der Waals surface area contributed by atoms with Gasteiger partial charge in [-0.15, -0.1) is 11.3 Å². The minimum absolute atomic E-state index is 0.0239.